The van der Waals surface area contributed by atoms with E-state index in [0.717, 1.165) is 0 Å². The molecule has 1 aromatic carbocycles. The molecular formula is C15H22N2O3. The van der Waals surface area contributed by atoms with Crippen LogP contribution >= 0.6 is 0 Å². The number of nitrogens with one attached hydrogen (secondary N) is 1. The van der Waals surface area contributed by atoms with Gasteiger partial charge in [-0.25, -0.2) is 0 Å². The van der Waals surface area contributed by atoms with Crippen molar-refractivity contribution in [3.8, 4) is 0 Å². The van der Waals surface area contributed by atoms with Gasteiger partial charge in [-0.2, -0.15) is 0 Å². The molecule has 0 bridgehead atoms. The van der Waals surface area contributed by atoms with E-state index in [2.05, 4.69) is 5.32 Å². The molecule has 110 valence electrons. The number of rotatable bonds is 8. The second-order valence-corrected chi connectivity index (χ2v) is 4.66. The number of carbonyl (C=O) groups is 2. The largest absolute Gasteiger partial charge is 0.383 e. The van der Waals surface area contributed by atoms with Gasteiger partial charge in [0, 0.05) is 19.2 Å². The van der Waals surface area contributed by atoms with Crippen molar-refractivity contribution in [1.29, 1.82) is 0 Å². The molecule has 0 radical (unpaired) electrons. The van der Waals surface area contributed by atoms with Crippen LogP contribution in [-0.4, -0.2) is 56.5 Å². The molecule has 0 aliphatic rings. The van der Waals surface area contributed by atoms with Gasteiger partial charge in [-0.15, -0.1) is 0 Å². The quantitative estimate of drug-likeness (QED) is 0.568. The minimum Gasteiger partial charge on any atom is -0.383 e. The number of ether oxygens (including phenoxy) is 1. The van der Waals surface area contributed by atoms with Crippen LogP contribution in [0.5, 0.6) is 0 Å². The maximum absolute atomic E-state index is 12.2. The lowest BCUT2D eigenvalue weighted by molar-refractivity contribution is -0.122. The van der Waals surface area contributed by atoms with Gasteiger partial charge >= 0.3 is 0 Å². The summed E-state index contributed by atoms with van der Waals surface area (Å²) in [7, 11) is 3.35. The monoisotopic (exact) mass is 278 g/mol. The minimum atomic E-state index is -0.342. The van der Waals surface area contributed by atoms with Crippen LogP contribution in [0.4, 0.5) is 0 Å². The zero-order chi connectivity index (χ0) is 15.0. The van der Waals surface area contributed by atoms with Crippen LogP contribution in [0.15, 0.2) is 30.3 Å². The Kier molecular flexibility index (Phi) is 6.90. The number of methoxy groups -OCH3 is 1. The molecule has 0 spiro atoms. The van der Waals surface area contributed by atoms with Crippen molar-refractivity contribution in [3.05, 3.63) is 35.9 Å². The van der Waals surface area contributed by atoms with Crippen LogP contribution in [-0.2, 0) is 9.53 Å². The van der Waals surface area contributed by atoms with E-state index in [1.54, 1.807) is 38.1 Å². The number of hydrogen-bond donors (Lipinski definition) is 1. The van der Waals surface area contributed by atoms with E-state index in [1.165, 1.54) is 0 Å². The second-order valence-electron chi connectivity index (χ2n) is 4.66. The number of carbonyl (C=O) groups excluding carboxylic acids is 2. The van der Waals surface area contributed by atoms with Crippen molar-refractivity contribution in [3.63, 3.8) is 0 Å². The fourth-order valence-electron chi connectivity index (χ4n) is 1.76. The van der Waals surface area contributed by atoms with Crippen molar-refractivity contribution in [2.75, 3.05) is 33.9 Å². The van der Waals surface area contributed by atoms with Crippen molar-refractivity contribution in [2.24, 2.45) is 0 Å². The van der Waals surface area contributed by atoms with Gasteiger partial charge in [0.25, 0.3) is 0 Å². The molecule has 20 heavy (non-hydrogen) atoms. The molecule has 1 N–H and O–H groups in total. The first kappa shape index (κ1) is 16.3. The molecule has 1 rings (SSSR count). The topological polar surface area (TPSA) is 58.6 Å². The van der Waals surface area contributed by atoms with E-state index in [1.807, 2.05) is 18.2 Å². The maximum atomic E-state index is 12.2. The first-order chi connectivity index (χ1) is 9.56. The molecule has 0 saturated heterocycles. The Morgan fingerprint density at radius 1 is 1.30 bits per heavy atom. The van der Waals surface area contributed by atoms with E-state index in [-0.39, 0.29) is 24.3 Å². The summed E-state index contributed by atoms with van der Waals surface area (Å²) in [5.41, 5.74) is 0.659. The van der Waals surface area contributed by atoms with Crippen molar-refractivity contribution < 1.29 is 14.3 Å². The van der Waals surface area contributed by atoms with E-state index < -0.39 is 0 Å². The summed E-state index contributed by atoms with van der Waals surface area (Å²) in [6, 6.07) is 8.76. The zero-order valence-electron chi connectivity index (χ0n) is 12.3. The summed E-state index contributed by atoms with van der Waals surface area (Å²) in [5.74, 6) is -0.102. The Morgan fingerprint density at radius 3 is 2.55 bits per heavy atom. The number of amides is 1. The highest BCUT2D eigenvalue weighted by molar-refractivity contribution is 6.00. The standard InChI is InChI=1S/C15H22N2O3/c1-12(15(19)13-7-5-4-6-8-13)17(2)11-14(18)16-9-10-20-3/h4-8,12H,9-11H2,1-3H3,(H,16,18). The Bertz CT molecular complexity index is 434. The molecule has 0 aliphatic carbocycles. The molecule has 0 saturated carbocycles. The lowest BCUT2D eigenvalue weighted by Crippen LogP contribution is -2.43. The van der Waals surface area contributed by atoms with Gasteiger partial charge < -0.3 is 10.1 Å². The molecule has 0 aromatic heterocycles. The molecule has 1 unspecified atom stereocenters. The van der Waals surface area contributed by atoms with Crippen molar-refractivity contribution >= 4 is 11.7 Å². The lowest BCUT2D eigenvalue weighted by atomic mass is 10.0. The molecule has 5 heteroatoms. The molecule has 1 atom stereocenters. The third-order valence-electron chi connectivity index (χ3n) is 3.12. The summed E-state index contributed by atoms with van der Waals surface area (Å²) in [4.78, 5) is 25.6. The van der Waals surface area contributed by atoms with Crippen molar-refractivity contribution in [1.82, 2.24) is 10.2 Å². The average molecular weight is 278 g/mol. The number of likely N-dealkylation sites (N-methyl/N-ethyl adjacent to an activating group) is 1. The Balaban J connectivity index is 2.48. The molecule has 1 aromatic rings. The second kappa shape index (κ2) is 8.45. The Morgan fingerprint density at radius 2 is 1.95 bits per heavy atom. The van der Waals surface area contributed by atoms with Gasteiger partial charge in [0.05, 0.1) is 19.2 Å². The van der Waals surface area contributed by atoms with Crippen LogP contribution < -0.4 is 5.32 Å². The SMILES string of the molecule is COCCNC(=O)CN(C)C(C)C(=O)c1ccccc1. The third kappa shape index (κ3) is 5.11. The van der Waals surface area contributed by atoms with Gasteiger partial charge in [-0.3, -0.25) is 14.5 Å². The summed E-state index contributed by atoms with van der Waals surface area (Å²) < 4.78 is 4.86. The van der Waals surface area contributed by atoms with E-state index in [0.29, 0.717) is 18.7 Å². The van der Waals surface area contributed by atoms with E-state index in [4.69, 9.17) is 4.74 Å². The molecular weight excluding hydrogens is 256 g/mol. The van der Waals surface area contributed by atoms with Gasteiger partial charge in [-0.1, -0.05) is 30.3 Å². The summed E-state index contributed by atoms with van der Waals surface area (Å²) in [6.45, 7) is 2.94. The first-order valence-corrected chi connectivity index (χ1v) is 6.61. The fraction of sp³-hybridized carbons (Fsp3) is 0.467. The first-order valence-electron chi connectivity index (χ1n) is 6.61. The summed E-state index contributed by atoms with van der Waals surface area (Å²) in [5, 5.41) is 2.73. The lowest BCUT2D eigenvalue weighted by Gasteiger charge is -2.23. The normalized spacial score (nSPS) is 12.2. The highest BCUT2D eigenvalue weighted by atomic mass is 16.5. The number of Topliss-reactive ketones (excluding diaryl/α,β-unsaturated/α-hetero) is 1. The highest BCUT2D eigenvalue weighted by Gasteiger charge is 2.20. The van der Waals surface area contributed by atoms with Gasteiger partial charge in [0.1, 0.15) is 0 Å². The summed E-state index contributed by atoms with van der Waals surface area (Å²) >= 11 is 0. The van der Waals surface area contributed by atoms with Crippen LogP contribution in [0, 0.1) is 0 Å². The number of ketones is 1. The molecule has 5 nitrogen and oxygen atoms in total. The van der Waals surface area contributed by atoms with Gasteiger partial charge in [-0.05, 0) is 14.0 Å². The van der Waals surface area contributed by atoms with Gasteiger partial charge in [0.15, 0.2) is 5.78 Å². The smallest absolute Gasteiger partial charge is 0.234 e. The predicted octanol–water partition coefficient (Wildman–Crippen LogP) is 0.952. The minimum absolute atomic E-state index is 0.0118. The zero-order valence-corrected chi connectivity index (χ0v) is 12.3. The maximum Gasteiger partial charge on any atom is 0.234 e. The Hall–Kier alpha value is -1.72. The average Bonchev–Trinajstić information content (AvgIpc) is 2.46. The number of benzene rings is 1. The highest BCUT2D eigenvalue weighted by Crippen LogP contribution is 2.07. The fourth-order valence-corrected chi connectivity index (χ4v) is 1.76. The molecule has 0 aliphatic heterocycles. The van der Waals surface area contributed by atoms with E-state index >= 15 is 0 Å². The molecule has 0 fully saturated rings. The van der Waals surface area contributed by atoms with Gasteiger partial charge in [0.2, 0.25) is 5.91 Å². The predicted molar refractivity (Wildman–Crippen MR) is 77.8 cm³/mol. The third-order valence-corrected chi connectivity index (χ3v) is 3.12. The molecule has 0 heterocycles. The van der Waals surface area contributed by atoms with Crippen molar-refractivity contribution in [2.45, 2.75) is 13.0 Å². The van der Waals surface area contributed by atoms with Crippen LogP contribution in [0.3, 0.4) is 0 Å². The Labute approximate surface area is 119 Å². The summed E-state index contributed by atoms with van der Waals surface area (Å²) in [6.07, 6.45) is 0. The number of hydrogen-bond acceptors (Lipinski definition) is 4. The number of nitrogens with zero attached hydrogens (tertiary/aromatic N) is 1. The van der Waals surface area contributed by atoms with Crippen LogP contribution in [0.2, 0.25) is 0 Å². The molecule has 1 amide bonds. The van der Waals surface area contributed by atoms with Crippen LogP contribution in [0.25, 0.3) is 0 Å². The van der Waals surface area contributed by atoms with E-state index in [9.17, 15) is 9.59 Å². The van der Waals surface area contributed by atoms with Crippen LogP contribution in [0.1, 0.15) is 17.3 Å².